The summed E-state index contributed by atoms with van der Waals surface area (Å²) in [6, 6.07) is 14.1. The minimum atomic E-state index is -0.793. The Balaban J connectivity index is 1.66. The summed E-state index contributed by atoms with van der Waals surface area (Å²) < 4.78 is 6.03. The van der Waals surface area contributed by atoms with Gasteiger partial charge in [0.2, 0.25) is 0 Å². The zero-order valence-electron chi connectivity index (χ0n) is 17.1. The van der Waals surface area contributed by atoms with Crippen molar-refractivity contribution >= 4 is 17.6 Å². The molecule has 1 fully saturated rings. The van der Waals surface area contributed by atoms with Gasteiger partial charge < -0.3 is 9.84 Å². The maximum Gasteiger partial charge on any atom is 0.304 e. The topological polar surface area (TPSA) is 49.8 Å². The molecular formula is C24H30ClNO3. The van der Waals surface area contributed by atoms with Gasteiger partial charge in [0, 0.05) is 24.7 Å². The molecule has 0 atom stereocenters. The Morgan fingerprint density at radius 2 is 1.97 bits per heavy atom. The zero-order valence-corrected chi connectivity index (χ0v) is 17.8. The van der Waals surface area contributed by atoms with E-state index < -0.39 is 5.97 Å². The van der Waals surface area contributed by atoms with Gasteiger partial charge in [0.05, 0.1) is 13.0 Å². The number of benzene rings is 2. The monoisotopic (exact) mass is 415 g/mol. The third-order valence-electron chi connectivity index (χ3n) is 5.50. The highest BCUT2D eigenvalue weighted by Gasteiger charge is 2.16. The number of nitrogens with zero attached hydrogens (tertiary/aromatic N) is 1. The molecule has 3 rings (SSSR count). The lowest BCUT2D eigenvalue weighted by atomic mass is 10.1. The lowest BCUT2D eigenvalue weighted by Gasteiger charge is -2.23. The smallest absolute Gasteiger partial charge is 0.304 e. The van der Waals surface area contributed by atoms with Crippen LogP contribution in [0.5, 0.6) is 5.75 Å². The molecule has 0 aromatic heterocycles. The number of ether oxygens (including phenoxy) is 1. The highest BCUT2D eigenvalue weighted by molar-refractivity contribution is 6.31. The Bertz CT molecular complexity index is 818. The van der Waals surface area contributed by atoms with Gasteiger partial charge in [0.15, 0.2) is 0 Å². The SMILES string of the molecule is Cc1ccc(Cl)c(CN(CCC(=O)O)Cc2cccc(OCC3CCCC3)c2)c1. The van der Waals surface area contributed by atoms with Crippen molar-refractivity contribution in [1.29, 1.82) is 0 Å². The first kappa shape index (κ1) is 21.7. The molecule has 0 radical (unpaired) electrons. The fourth-order valence-electron chi connectivity index (χ4n) is 3.92. The van der Waals surface area contributed by atoms with E-state index in [2.05, 4.69) is 23.1 Å². The Kier molecular flexibility index (Phi) is 7.96. The highest BCUT2D eigenvalue weighted by atomic mass is 35.5. The fraction of sp³-hybridized carbons (Fsp3) is 0.458. The fourth-order valence-corrected chi connectivity index (χ4v) is 4.09. The molecule has 5 heteroatoms. The Morgan fingerprint density at radius 3 is 2.72 bits per heavy atom. The van der Waals surface area contributed by atoms with Gasteiger partial charge >= 0.3 is 5.97 Å². The number of carboxylic acid groups (broad SMARTS) is 1. The molecule has 1 N–H and O–H groups in total. The van der Waals surface area contributed by atoms with Crippen LogP contribution in [-0.4, -0.2) is 29.1 Å². The van der Waals surface area contributed by atoms with Gasteiger partial charge in [-0.25, -0.2) is 0 Å². The molecule has 0 amide bonds. The Hall–Kier alpha value is -2.04. The Labute approximate surface area is 178 Å². The largest absolute Gasteiger partial charge is 0.493 e. The second-order valence-corrected chi connectivity index (χ2v) is 8.47. The molecule has 0 bridgehead atoms. The Morgan fingerprint density at radius 1 is 1.17 bits per heavy atom. The lowest BCUT2D eigenvalue weighted by molar-refractivity contribution is -0.137. The second-order valence-electron chi connectivity index (χ2n) is 8.06. The minimum absolute atomic E-state index is 0.0985. The summed E-state index contributed by atoms with van der Waals surface area (Å²) in [7, 11) is 0. The van der Waals surface area contributed by atoms with Gasteiger partial charge in [-0.05, 0) is 55.0 Å². The summed E-state index contributed by atoms with van der Waals surface area (Å²) in [5.74, 6) is 0.773. The van der Waals surface area contributed by atoms with Crippen LogP contribution in [0.4, 0.5) is 0 Å². The van der Waals surface area contributed by atoms with Gasteiger partial charge in [-0.2, -0.15) is 0 Å². The molecule has 0 spiro atoms. The minimum Gasteiger partial charge on any atom is -0.493 e. The highest BCUT2D eigenvalue weighted by Crippen LogP contribution is 2.26. The van der Waals surface area contributed by atoms with Crippen molar-refractivity contribution in [2.75, 3.05) is 13.2 Å². The predicted molar refractivity (Wildman–Crippen MR) is 116 cm³/mol. The number of hydrogen-bond acceptors (Lipinski definition) is 3. The molecule has 1 aliphatic carbocycles. The summed E-state index contributed by atoms with van der Waals surface area (Å²) >= 11 is 6.37. The van der Waals surface area contributed by atoms with E-state index in [1.165, 1.54) is 25.7 Å². The van der Waals surface area contributed by atoms with Crippen molar-refractivity contribution < 1.29 is 14.6 Å². The van der Waals surface area contributed by atoms with Crippen molar-refractivity contribution in [3.63, 3.8) is 0 Å². The number of halogens is 1. The second kappa shape index (κ2) is 10.7. The average molecular weight is 416 g/mol. The standard InChI is InChI=1S/C24H30ClNO3/c1-18-9-10-23(25)21(13-18)16-26(12-11-24(27)28)15-20-7-4-8-22(14-20)29-17-19-5-2-3-6-19/h4,7-10,13-14,19H,2-3,5-6,11-12,15-17H2,1H3,(H,27,28). The van der Waals surface area contributed by atoms with Crippen molar-refractivity contribution in [1.82, 2.24) is 4.90 Å². The van der Waals surface area contributed by atoms with Crippen LogP contribution < -0.4 is 4.74 Å². The van der Waals surface area contributed by atoms with Crippen molar-refractivity contribution in [3.8, 4) is 5.75 Å². The molecule has 2 aromatic carbocycles. The first-order valence-electron chi connectivity index (χ1n) is 10.4. The van der Waals surface area contributed by atoms with Gasteiger partial charge in [0.25, 0.3) is 0 Å². The first-order chi connectivity index (χ1) is 14.0. The maximum absolute atomic E-state index is 11.1. The van der Waals surface area contributed by atoms with E-state index in [0.717, 1.165) is 29.0 Å². The van der Waals surface area contributed by atoms with Gasteiger partial charge in [0.1, 0.15) is 5.75 Å². The van der Waals surface area contributed by atoms with Crippen LogP contribution in [0.25, 0.3) is 0 Å². The number of aliphatic carboxylic acids is 1. The van der Waals surface area contributed by atoms with Gasteiger partial charge in [-0.1, -0.05) is 54.3 Å². The third-order valence-corrected chi connectivity index (χ3v) is 5.87. The van der Waals surface area contributed by atoms with Crippen LogP contribution in [-0.2, 0) is 17.9 Å². The normalized spacial score (nSPS) is 14.4. The van der Waals surface area contributed by atoms with E-state index in [4.69, 9.17) is 21.4 Å². The third kappa shape index (κ3) is 7.06. The number of hydrogen-bond donors (Lipinski definition) is 1. The molecule has 1 aliphatic rings. The van der Waals surface area contributed by atoms with Crippen molar-refractivity contribution in [2.45, 2.75) is 52.1 Å². The summed E-state index contributed by atoms with van der Waals surface area (Å²) in [4.78, 5) is 13.3. The molecule has 1 saturated carbocycles. The summed E-state index contributed by atoms with van der Waals surface area (Å²) in [6.45, 7) is 4.55. The molecular weight excluding hydrogens is 386 g/mol. The van der Waals surface area contributed by atoms with Crippen LogP contribution in [0.2, 0.25) is 5.02 Å². The predicted octanol–water partition coefficient (Wildman–Crippen LogP) is 5.69. The lowest BCUT2D eigenvalue weighted by Crippen LogP contribution is -2.26. The molecule has 156 valence electrons. The molecule has 2 aromatic rings. The van der Waals surface area contributed by atoms with E-state index in [1.54, 1.807) is 0 Å². The van der Waals surface area contributed by atoms with Crippen LogP contribution in [0.1, 0.15) is 48.8 Å². The number of aryl methyl sites for hydroxylation is 1. The van der Waals surface area contributed by atoms with Crippen molar-refractivity contribution in [3.05, 3.63) is 64.2 Å². The van der Waals surface area contributed by atoms with E-state index in [9.17, 15) is 4.79 Å². The number of carboxylic acids is 1. The van der Waals surface area contributed by atoms with Crippen LogP contribution in [0.15, 0.2) is 42.5 Å². The molecule has 0 unspecified atom stereocenters. The zero-order chi connectivity index (χ0) is 20.6. The quantitative estimate of drug-likeness (QED) is 0.541. The number of carbonyl (C=O) groups is 1. The molecule has 29 heavy (non-hydrogen) atoms. The average Bonchev–Trinajstić information content (AvgIpc) is 3.21. The van der Waals surface area contributed by atoms with E-state index in [0.29, 0.717) is 30.6 Å². The van der Waals surface area contributed by atoms with Crippen LogP contribution in [0, 0.1) is 12.8 Å². The summed E-state index contributed by atoms with van der Waals surface area (Å²) in [6.07, 6.45) is 5.25. The van der Waals surface area contributed by atoms with Gasteiger partial charge in [-0.15, -0.1) is 0 Å². The van der Waals surface area contributed by atoms with Crippen molar-refractivity contribution in [2.24, 2.45) is 5.92 Å². The summed E-state index contributed by atoms with van der Waals surface area (Å²) in [5.41, 5.74) is 3.28. The van der Waals surface area contributed by atoms with E-state index in [-0.39, 0.29) is 6.42 Å². The van der Waals surface area contributed by atoms with Gasteiger partial charge in [-0.3, -0.25) is 9.69 Å². The van der Waals surface area contributed by atoms with E-state index >= 15 is 0 Å². The molecule has 4 nitrogen and oxygen atoms in total. The van der Waals surface area contributed by atoms with Crippen LogP contribution in [0.3, 0.4) is 0 Å². The maximum atomic E-state index is 11.1. The van der Waals surface area contributed by atoms with E-state index in [1.807, 2.05) is 31.2 Å². The first-order valence-corrected chi connectivity index (χ1v) is 10.8. The molecule has 0 saturated heterocycles. The molecule has 0 aliphatic heterocycles. The van der Waals surface area contributed by atoms with Crippen LogP contribution >= 0.6 is 11.6 Å². The summed E-state index contributed by atoms with van der Waals surface area (Å²) in [5, 5.41) is 9.85. The number of rotatable bonds is 10. The molecule has 0 heterocycles.